The monoisotopic (exact) mass is 301 g/mol. The first-order valence-corrected chi connectivity index (χ1v) is 7.59. The van der Waals surface area contributed by atoms with Gasteiger partial charge in [-0.25, -0.2) is 0 Å². The molecular weight excluding hydrogens is 281 g/mol. The predicted molar refractivity (Wildman–Crippen MR) is 81.2 cm³/mol. The maximum Gasteiger partial charge on any atom is 0.0595 e. The van der Waals surface area contributed by atoms with Crippen molar-refractivity contribution in [3.05, 3.63) is 33.8 Å². The fraction of sp³-hybridized carbons (Fsp3) is 0.600. The summed E-state index contributed by atoms with van der Waals surface area (Å²) >= 11 is 12.0. The quantitative estimate of drug-likeness (QED) is 0.909. The van der Waals surface area contributed by atoms with Crippen LogP contribution in [0, 0.1) is 5.92 Å². The van der Waals surface area contributed by atoms with Gasteiger partial charge in [-0.1, -0.05) is 43.1 Å². The summed E-state index contributed by atoms with van der Waals surface area (Å²) in [6, 6.07) is 6.90. The van der Waals surface area contributed by atoms with Gasteiger partial charge in [-0.3, -0.25) is 0 Å². The van der Waals surface area contributed by atoms with Crippen LogP contribution >= 0.6 is 23.2 Å². The van der Waals surface area contributed by atoms with E-state index in [-0.39, 0.29) is 0 Å². The standard InChI is InChI=1S/C15H21Cl2NO/c1-10(2)18-15-5-6-19-9-12(15)7-11-3-4-13(16)14(17)8-11/h3-4,8,10,12,15,18H,5-7,9H2,1-2H3/t12-,15-/m1/s1. The van der Waals surface area contributed by atoms with Gasteiger partial charge in [0.1, 0.15) is 0 Å². The Labute approximate surface area is 125 Å². The fourth-order valence-electron chi connectivity index (χ4n) is 2.61. The van der Waals surface area contributed by atoms with E-state index in [1.54, 1.807) is 0 Å². The van der Waals surface area contributed by atoms with Crippen LogP contribution in [0.15, 0.2) is 18.2 Å². The molecule has 1 aliphatic heterocycles. The first-order valence-electron chi connectivity index (χ1n) is 6.84. The number of rotatable bonds is 4. The van der Waals surface area contributed by atoms with Gasteiger partial charge >= 0.3 is 0 Å². The molecular formula is C15H21Cl2NO. The molecule has 1 aliphatic rings. The molecule has 0 aliphatic carbocycles. The largest absolute Gasteiger partial charge is 0.381 e. The van der Waals surface area contributed by atoms with E-state index in [0.29, 0.717) is 28.0 Å². The van der Waals surface area contributed by atoms with Gasteiger partial charge in [0.25, 0.3) is 0 Å². The lowest BCUT2D eigenvalue weighted by atomic mass is 9.89. The lowest BCUT2D eigenvalue weighted by Crippen LogP contribution is -2.46. The minimum Gasteiger partial charge on any atom is -0.381 e. The molecule has 0 bridgehead atoms. The Kier molecular flexibility index (Phi) is 5.52. The van der Waals surface area contributed by atoms with E-state index in [1.165, 1.54) is 5.56 Å². The van der Waals surface area contributed by atoms with E-state index in [0.717, 1.165) is 26.1 Å². The lowest BCUT2D eigenvalue weighted by molar-refractivity contribution is 0.0300. The molecule has 1 fully saturated rings. The van der Waals surface area contributed by atoms with Gasteiger partial charge in [-0.05, 0) is 30.5 Å². The molecule has 0 amide bonds. The number of hydrogen-bond acceptors (Lipinski definition) is 2. The van der Waals surface area contributed by atoms with Crippen LogP contribution in [-0.4, -0.2) is 25.3 Å². The van der Waals surface area contributed by atoms with Gasteiger partial charge in [-0.15, -0.1) is 0 Å². The third-order valence-corrected chi connectivity index (χ3v) is 4.24. The molecule has 2 nitrogen and oxygen atoms in total. The summed E-state index contributed by atoms with van der Waals surface area (Å²) in [5.41, 5.74) is 1.22. The Hall–Kier alpha value is -0.280. The zero-order valence-electron chi connectivity index (χ0n) is 11.5. The molecule has 1 aromatic carbocycles. The van der Waals surface area contributed by atoms with Gasteiger partial charge in [-0.2, -0.15) is 0 Å². The average molecular weight is 302 g/mol. The Morgan fingerprint density at radius 3 is 2.79 bits per heavy atom. The molecule has 0 saturated carbocycles. The van der Waals surface area contributed by atoms with Crippen LogP contribution < -0.4 is 5.32 Å². The maximum atomic E-state index is 6.07. The molecule has 19 heavy (non-hydrogen) atoms. The number of halogens is 2. The Morgan fingerprint density at radius 2 is 2.11 bits per heavy atom. The van der Waals surface area contributed by atoms with Crippen molar-refractivity contribution in [1.82, 2.24) is 5.32 Å². The molecule has 1 saturated heterocycles. The summed E-state index contributed by atoms with van der Waals surface area (Å²) in [6.45, 7) is 6.03. The third-order valence-electron chi connectivity index (χ3n) is 3.50. The second-order valence-electron chi connectivity index (χ2n) is 5.50. The third kappa shape index (κ3) is 4.35. The minimum absolute atomic E-state index is 0.494. The van der Waals surface area contributed by atoms with Crippen molar-refractivity contribution < 1.29 is 4.74 Å². The average Bonchev–Trinajstić information content (AvgIpc) is 2.36. The molecule has 4 heteroatoms. The summed E-state index contributed by atoms with van der Waals surface area (Å²) in [6.07, 6.45) is 2.05. The SMILES string of the molecule is CC(C)N[C@@H]1CCOC[C@H]1Cc1ccc(Cl)c(Cl)c1. The van der Waals surface area contributed by atoms with Crippen LogP contribution in [0.2, 0.25) is 10.0 Å². The second kappa shape index (κ2) is 6.94. The van der Waals surface area contributed by atoms with E-state index in [2.05, 4.69) is 25.2 Å². The number of nitrogens with one attached hydrogen (secondary N) is 1. The van der Waals surface area contributed by atoms with Gasteiger partial charge in [0, 0.05) is 24.6 Å². The Morgan fingerprint density at radius 1 is 1.32 bits per heavy atom. The molecule has 2 atom stereocenters. The first kappa shape index (κ1) is 15.1. The minimum atomic E-state index is 0.494. The Balaban J connectivity index is 2.04. The summed E-state index contributed by atoms with van der Waals surface area (Å²) in [4.78, 5) is 0. The molecule has 0 spiro atoms. The summed E-state index contributed by atoms with van der Waals surface area (Å²) in [5, 5.41) is 4.88. The van der Waals surface area contributed by atoms with Crippen molar-refractivity contribution in [2.75, 3.05) is 13.2 Å². The van der Waals surface area contributed by atoms with Gasteiger partial charge < -0.3 is 10.1 Å². The molecule has 2 rings (SSSR count). The van der Waals surface area contributed by atoms with E-state index >= 15 is 0 Å². The van der Waals surface area contributed by atoms with E-state index < -0.39 is 0 Å². The van der Waals surface area contributed by atoms with Crippen molar-refractivity contribution >= 4 is 23.2 Å². The zero-order valence-corrected chi connectivity index (χ0v) is 13.0. The molecule has 0 aromatic heterocycles. The molecule has 1 N–H and O–H groups in total. The zero-order chi connectivity index (χ0) is 13.8. The molecule has 0 unspecified atom stereocenters. The van der Waals surface area contributed by atoms with Gasteiger partial charge in [0.2, 0.25) is 0 Å². The predicted octanol–water partition coefficient (Wildman–Crippen LogP) is 3.94. The smallest absolute Gasteiger partial charge is 0.0595 e. The number of ether oxygens (including phenoxy) is 1. The van der Waals surface area contributed by atoms with Crippen LogP contribution in [0.25, 0.3) is 0 Å². The maximum absolute atomic E-state index is 6.07. The van der Waals surface area contributed by atoms with Crippen LogP contribution in [-0.2, 0) is 11.2 Å². The van der Waals surface area contributed by atoms with Crippen molar-refractivity contribution in [1.29, 1.82) is 0 Å². The molecule has 106 valence electrons. The highest BCUT2D eigenvalue weighted by molar-refractivity contribution is 6.42. The topological polar surface area (TPSA) is 21.3 Å². The van der Waals surface area contributed by atoms with Gasteiger partial charge in [0.05, 0.1) is 16.7 Å². The first-order chi connectivity index (χ1) is 9.06. The second-order valence-corrected chi connectivity index (χ2v) is 6.32. The highest BCUT2D eigenvalue weighted by atomic mass is 35.5. The molecule has 1 aromatic rings. The highest BCUT2D eigenvalue weighted by Crippen LogP contribution is 2.26. The van der Waals surface area contributed by atoms with E-state index in [9.17, 15) is 0 Å². The summed E-state index contributed by atoms with van der Waals surface area (Å²) in [7, 11) is 0. The van der Waals surface area contributed by atoms with E-state index in [4.69, 9.17) is 27.9 Å². The van der Waals surface area contributed by atoms with Crippen molar-refractivity contribution in [3.8, 4) is 0 Å². The van der Waals surface area contributed by atoms with Crippen molar-refractivity contribution in [2.24, 2.45) is 5.92 Å². The van der Waals surface area contributed by atoms with E-state index in [1.807, 2.05) is 12.1 Å². The summed E-state index contributed by atoms with van der Waals surface area (Å²) < 4.78 is 5.62. The van der Waals surface area contributed by atoms with Crippen LogP contribution in [0.5, 0.6) is 0 Å². The fourth-order valence-corrected chi connectivity index (χ4v) is 2.94. The number of hydrogen-bond donors (Lipinski definition) is 1. The van der Waals surface area contributed by atoms with Gasteiger partial charge in [0.15, 0.2) is 0 Å². The van der Waals surface area contributed by atoms with Crippen molar-refractivity contribution in [3.63, 3.8) is 0 Å². The summed E-state index contributed by atoms with van der Waals surface area (Å²) in [5.74, 6) is 0.494. The Bertz CT molecular complexity index is 423. The number of benzene rings is 1. The molecule has 1 heterocycles. The van der Waals surface area contributed by atoms with Crippen molar-refractivity contribution in [2.45, 2.75) is 38.8 Å². The highest BCUT2D eigenvalue weighted by Gasteiger charge is 2.26. The van der Waals surface area contributed by atoms with Crippen LogP contribution in [0.3, 0.4) is 0 Å². The van der Waals surface area contributed by atoms with Crippen LogP contribution in [0.1, 0.15) is 25.8 Å². The lowest BCUT2D eigenvalue weighted by Gasteiger charge is -2.34. The molecule has 0 radical (unpaired) electrons. The van der Waals surface area contributed by atoms with Crippen LogP contribution in [0.4, 0.5) is 0 Å². The normalized spacial score (nSPS) is 23.8.